The molecule has 1 saturated carbocycles. The second-order valence-electron chi connectivity index (χ2n) is 9.75. The lowest BCUT2D eigenvalue weighted by molar-refractivity contribution is -0.137. The van der Waals surface area contributed by atoms with E-state index < -0.39 is 6.04 Å². The van der Waals surface area contributed by atoms with Gasteiger partial charge in [-0.25, -0.2) is 0 Å². The summed E-state index contributed by atoms with van der Waals surface area (Å²) in [6.07, 6.45) is 4.11. The van der Waals surface area contributed by atoms with Crippen molar-refractivity contribution in [2.75, 3.05) is 46.3 Å². The lowest BCUT2D eigenvalue weighted by Gasteiger charge is -2.37. The summed E-state index contributed by atoms with van der Waals surface area (Å²) in [5.41, 5.74) is 0.0714. The van der Waals surface area contributed by atoms with Gasteiger partial charge < -0.3 is 24.4 Å². The summed E-state index contributed by atoms with van der Waals surface area (Å²) >= 11 is 0. The standard InChI is InChI=1S/C23H34N4O4/c1-16(2)19(24-20(28)18-5-4-14-31-18)22(30)26-8-6-23(7-9-26)15-17(23)21(29)27-12-10-25(3)11-13-27/h4-5,14,16-17,19H,6-13,15H2,1-3H3,(H,24,28)/t17-,19+/m0/s1. The highest BCUT2D eigenvalue weighted by Crippen LogP contribution is 2.60. The van der Waals surface area contributed by atoms with Gasteiger partial charge in [0.05, 0.1) is 6.26 Å². The van der Waals surface area contributed by atoms with E-state index in [0.717, 1.165) is 45.4 Å². The zero-order valence-electron chi connectivity index (χ0n) is 18.8. The molecule has 8 nitrogen and oxygen atoms in total. The molecule has 0 radical (unpaired) electrons. The molecule has 1 aromatic rings. The second kappa shape index (κ2) is 8.65. The van der Waals surface area contributed by atoms with Gasteiger partial charge in [0.25, 0.3) is 5.91 Å². The molecule has 170 valence electrons. The van der Waals surface area contributed by atoms with E-state index in [-0.39, 0.29) is 34.8 Å². The molecule has 31 heavy (non-hydrogen) atoms. The summed E-state index contributed by atoms with van der Waals surface area (Å²) in [6.45, 7) is 8.67. The van der Waals surface area contributed by atoms with Crippen LogP contribution in [0, 0.1) is 17.3 Å². The van der Waals surface area contributed by atoms with Crippen LogP contribution in [0.3, 0.4) is 0 Å². The third kappa shape index (κ3) is 4.49. The van der Waals surface area contributed by atoms with Crippen molar-refractivity contribution >= 4 is 17.7 Å². The van der Waals surface area contributed by atoms with Crippen LogP contribution in [0.2, 0.25) is 0 Å². The molecule has 0 unspecified atom stereocenters. The predicted molar refractivity (Wildman–Crippen MR) is 115 cm³/mol. The summed E-state index contributed by atoms with van der Waals surface area (Å²) < 4.78 is 5.15. The van der Waals surface area contributed by atoms with Gasteiger partial charge in [0, 0.05) is 45.2 Å². The van der Waals surface area contributed by atoms with E-state index in [1.807, 2.05) is 23.6 Å². The smallest absolute Gasteiger partial charge is 0.287 e. The van der Waals surface area contributed by atoms with Crippen LogP contribution in [0.1, 0.15) is 43.7 Å². The summed E-state index contributed by atoms with van der Waals surface area (Å²) in [5.74, 6) is 0.179. The summed E-state index contributed by atoms with van der Waals surface area (Å²) in [6, 6.07) is 2.65. The highest BCUT2D eigenvalue weighted by atomic mass is 16.3. The molecule has 3 heterocycles. The van der Waals surface area contributed by atoms with Crippen molar-refractivity contribution in [2.45, 2.75) is 39.2 Å². The van der Waals surface area contributed by atoms with Gasteiger partial charge >= 0.3 is 0 Å². The zero-order chi connectivity index (χ0) is 22.2. The van der Waals surface area contributed by atoms with Gasteiger partial charge in [-0.2, -0.15) is 0 Å². The number of likely N-dealkylation sites (N-methyl/N-ethyl adjacent to an activating group) is 1. The molecule has 1 N–H and O–H groups in total. The van der Waals surface area contributed by atoms with Crippen molar-refractivity contribution in [2.24, 2.45) is 17.3 Å². The Morgan fingerprint density at radius 2 is 1.74 bits per heavy atom. The van der Waals surface area contributed by atoms with Gasteiger partial charge in [0.1, 0.15) is 6.04 Å². The Morgan fingerprint density at radius 1 is 1.06 bits per heavy atom. The Kier molecular flexibility index (Phi) is 6.10. The largest absolute Gasteiger partial charge is 0.459 e. The number of amides is 3. The normalized spacial score (nSPS) is 24.3. The molecule has 1 aromatic heterocycles. The predicted octanol–water partition coefficient (Wildman–Crippen LogP) is 1.44. The molecule has 8 heteroatoms. The Labute approximate surface area is 183 Å². The Balaban J connectivity index is 1.31. The maximum atomic E-state index is 13.2. The van der Waals surface area contributed by atoms with Crippen molar-refractivity contribution in [3.8, 4) is 0 Å². The van der Waals surface area contributed by atoms with Crippen LogP contribution >= 0.6 is 0 Å². The van der Waals surface area contributed by atoms with Crippen molar-refractivity contribution in [1.82, 2.24) is 20.0 Å². The number of nitrogens with zero attached hydrogens (tertiary/aromatic N) is 3. The first kappa shape index (κ1) is 21.9. The fraction of sp³-hybridized carbons (Fsp3) is 0.696. The number of likely N-dealkylation sites (tertiary alicyclic amines) is 1. The fourth-order valence-electron chi connectivity index (χ4n) is 5.00. The number of carbonyl (C=O) groups excluding carboxylic acids is 3. The summed E-state index contributed by atoms with van der Waals surface area (Å²) in [4.78, 5) is 44.7. The van der Waals surface area contributed by atoms with Crippen LogP contribution < -0.4 is 5.32 Å². The average Bonchev–Trinajstić information content (AvgIpc) is 3.18. The van der Waals surface area contributed by atoms with Crippen LogP contribution in [0.5, 0.6) is 0 Å². The number of piperidine rings is 1. The van der Waals surface area contributed by atoms with Gasteiger partial charge in [-0.05, 0) is 49.8 Å². The first-order chi connectivity index (χ1) is 14.8. The van der Waals surface area contributed by atoms with E-state index in [2.05, 4.69) is 17.3 Å². The Bertz CT molecular complexity index is 806. The topological polar surface area (TPSA) is 86.1 Å². The summed E-state index contributed by atoms with van der Waals surface area (Å²) in [7, 11) is 2.09. The highest BCUT2D eigenvalue weighted by molar-refractivity contribution is 5.95. The minimum Gasteiger partial charge on any atom is -0.459 e. The lowest BCUT2D eigenvalue weighted by Crippen LogP contribution is -2.53. The van der Waals surface area contributed by atoms with Crippen LogP contribution in [0.25, 0.3) is 0 Å². The number of nitrogens with one attached hydrogen (secondary N) is 1. The minimum atomic E-state index is -0.589. The number of piperazine rings is 1. The quantitative estimate of drug-likeness (QED) is 0.764. The maximum Gasteiger partial charge on any atom is 0.287 e. The van der Waals surface area contributed by atoms with Crippen LogP contribution in [0.4, 0.5) is 0 Å². The van der Waals surface area contributed by atoms with Crippen LogP contribution in [-0.2, 0) is 9.59 Å². The maximum absolute atomic E-state index is 13.2. The number of carbonyl (C=O) groups is 3. The molecule has 2 aliphatic heterocycles. The lowest BCUT2D eigenvalue weighted by atomic mass is 9.89. The molecule has 0 bridgehead atoms. The molecule has 1 aliphatic carbocycles. The average molecular weight is 431 g/mol. The number of rotatable bonds is 5. The number of furan rings is 1. The van der Waals surface area contributed by atoms with Gasteiger partial charge in [-0.3, -0.25) is 14.4 Å². The summed E-state index contributed by atoms with van der Waals surface area (Å²) in [5, 5.41) is 2.84. The van der Waals surface area contributed by atoms with Gasteiger partial charge in [-0.1, -0.05) is 13.8 Å². The van der Waals surface area contributed by atoms with Crippen molar-refractivity contribution in [3.05, 3.63) is 24.2 Å². The van der Waals surface area contributed by atoms with E-state index in [1.165, 1.54) is 6.26 Å². The van der Waals surface area contributed by atoms with Crippen LogP contribution in [-0.4, -0.2) is 84.8 Å². The monoisotopic (exact) mass is 430 g/mol. The van der Waals surface area contributed by atoms with E-state index in [0.29, 0.717) is 19.0 Å². The van der Waals surface area contributed by atoms with E-state index >= 15 is 0 Å². The number of hydrogen-bond donors (Lipinski definition) is 1. The van der Waals surface area contributed by atoms with Crippen molar-refractivity contribution < 1.29 is 18.8 Å². The number of hydrogen-bond acceptors (Lipinski definition) is 5. The van der Waals surface area contributed by atoms with E-state index in [9.17, 15) is 14.4 Å². The SMILES string of the molecule is CC(C)[C@@H](NC(=O)c1ccco1)C(=O)N1CCC2(CC1)C[C@H]2C(=O)N1CCN(C)CC1. The molecule has 0 aromatic carbocycles. The molecule has 4 rings (SSSR count). The minimum absolute atomic E-state index is 0.0326. The third-order valence-corrected chi connectivity index (χ3v) is 7.34. The molecule has 3 aliphatic rings. The van der Waals surface area contributed by atoms with E-state index in [4.69, 9.17) is 4.42 Å². The van der Waals surface area contributed by atoms with Crippen molar-refractivity contribution in [3.63, 3.8) is 0 Å². The van der Waals surface area contributed by atoms with Gasteiger partial charge in [-0.15, -0.1) is 0 Å². The molecule has 1 spiro atoms. The third-order valence-electron chi connectivity index (χ3n) is 7.34. The Morgan fingerprint density at radius 3 is 2.32 bits per heavy atom. The molecule has 3 amide bonds. The van der Waals surface area contributed by atoms with Gasteiger partial charge in [0.2, 0.25) is 11.8 Å². The molecular formula is C23H34N4O4. The van der Waals surface area contributed by atoms with Crippen molar-refractivity contribution in [1.29, 1.82) is 0 Å². The molecule has 2 atom stereocenters. The van der Waals surface area contributed by atoms with Gasteiger partial charge in [0.15, 0.2) is 5.76 Å². The van der Waals surface area contributed by atoms with Crippen LogP contribution in [0.15, 0.2) is 22.8 Å². The Hall–Kier alpha value is -2.35. The first-order valence-electron chi connectivity index (χ1n) is 11.4. The molecule has 3 fully saturated rings. The fourth-order valence-corrected chi connectivity index (χ4v) is 5.00. The first-order valence-corrected chi connectivity index (χ1v) is 11.4. The zero-order valence-corrected chi connectivity index (χ0v) is 18.8. The molecule has 2 saturated heterocycles. The second-order valence-corrected chi connectivity index (χ2v) is 9.75. The highest BCUT2D eigenvalue weighted by Gasteiger charge is 2.59. The van der Waals surface area contributed by atoms with E-state index in [1.54, 1.807) is 12.1 Å². The molecular weight excluding hydrogens is 396 g/mol.